The number of likely N-dealkylation sites (tertiary alicyclic amines) is 1. The van der Waals surface area contributed by atoms with E-state index in [4.69, 9.17) is 9.47 Å². The van der Waals surface area contributed by atoms with Gasteiger partial charge in [-0.2, -0.15) is 0 Å². The minimum Gasteiger partial charge on any atom is -0.493 e. The molecular weight excluding hydrogens is 376 g/mol. The van der Waals surface area contributed by atoms with Gasteiger partial charge in [0, 0.05) is 12.0 Å². The number of amides is 1. The van der Waals surface area contributed by atoms with Gasteiger partial charge in [-0.15, -0.1) is 10.2 Å². The van der Waals surface area contributed by atoms with E-state index < -0.39 is 0 Å². The van der Waals surface area contributed by atoms with Crippen LogP contribution < -0.4 is 14.8 Å². The van der Waals surface area contributed by atoms with Crippen LogP contribution >= 0.6 is 11.3 Å². The highest BCUT2D eigenvalue weighted by Crippen LogP contribution is 2.39. The van der Waals surface area contributed by atoms with E-state index in [0.29, 0.717) is 29.1 Å². The number of carbonyl (C=O) groups excluding carboxylic acids is 1. The van der Waals surface area contributed by atoms with E-state index in [1.807, 2.05) is 12.1 Å². The van der Waals surface area contributed by atoms with Gasteiger partial charge in [0.05, 0.1) is 20.8 Å². The molecule has 1 aliphatic carbocycles. The number of methoxy groups -OCH3 is 2. The first kappa shape index (κ1) is 19.1. The Balaban J connectivity index is 1.39. The van der Waals surface area contributed by atoms with E-state index in [1.165, 1.54) is 30.6 Å². The zero-order valence-corrected chi connectivity index (χ0v) is 17.1. The molecule has 2 heterocycles. The number of nitrogens with one attached hydrogen (secondary N) is 1. The molecule has 1 aliphatic heterocycles. The van der Waals surface area contributed by atoms with Gasteiger partial charge in [0.15, 0.2) is 11.5 Å². The molecule has 1 amide bonds. The number of hydrogen-bond donors (Lipinski definition) is 1. The fourth-order valence-electron chi connectivity index (χ4n) is 3.90. The molecule has 2 aromatic rings. The van der Waals surface area contributed by atoms with E-state index in [9.17, 15) is 4.79 Å². The summed E-state index contributed by atoms with van der Waals surface area (Å²) in [7, 11) is 3.27. The summed E-state index contributed by atoms with van der Waals surface area (Å²) < 4.78 is 10.8. The molecule has 0 unspecified atom stereocenters. The van der Waals surface area contributed by atoms with Crippen molar-refractivity contribution in [3.63, 3.8) is 0 Å². The highest BCUT2D eigenvalue weighted by Gasteiger charge is 2.29. The summed E-state index contributed by atoms with van der Waals surface area (Å²) in [5, 5.41) is 13.0. The van der Waals surface area contributed by atoms with E-state index in [-0.39, 0.29) is 11.9 Å². The minimum absolute atomic E-state index is 0.0383. The number of anilines is 1. The molecule has 150 valence electrons. The summed E-state index contributed by atoms with van der Waals surface area (Å²) in [5.41, 5.74) is 1.14. The normalized spacial score (nSPS) is 20.0. The van der Waals surface area contributed by atoms with Crippen LogP contribution in [0.3, 0.4) is 0 Å². The molecule has 1 atom stereocenters. The lowest BCUT2D eigenvalue weighted by atomic mass is 9.86. The lowest BCUT2D eigenvalue weighted by Gasteiger charge is -2.24. The van der Waals surface area contributed by atoms with Crippen molar-refractivity contribution < 1.29 is 14.3 Å². The number of ether oxygens (including phenoxy) is 2. The molecule has 7 nitrogen and oxygen atoms in total. The average Bonchev–Trinajstić information content (AvgIpc) is 3.29. The van der Waals surface area contributed by atoms with Gasteiger partial charge >= 0.3 is 0 Å². The molecule has 1 saturated carbocycles. The number of benzene rings is 1. The topological polar surface area (TPSA) is 76.6 Å². The second kappa shape index (κ2) is 8.45. The van der Waals surface area contributed by atoms with Crippen LogP contribution in [-0.2, 0) is 4.79 Å². The van der Waals surface area contributed by atoms with Crippen LogP contribution in [0.2, 0.25) is 0 Å². The molecule has 1 aromatic carbocycles. The maximum absolute atomic E-state index is 12.6. The Morgan fingerprint density at radius 1 is 1.18 bits per heavy atom. The molecule has 8 heteroatoms. The number of hydrogen-bond acceptors (Lipinski definition) is 7. The van der Waals surface area contributed by atoms with Gasteiger partial charge in [-0.05, 0) is 49.9 Å². The largest absolute Gasteiger partial charge is 0.493 e. The zero-order chi connectivity index (χ0) is 19.5. The lowest BCUT2D eigenvalue weighted by Crippen LogP contribution is -2.32. The predicted molar refractivity (Wildman–Crippen MR) is 108 cm³/mol. The summed E-state index contributed by atoms with van der Waals surface area (Å²) in [6.07, 6.45) is 5.72. The Hall–Kier alpha value is -2.19. The molecule has 1 saturated heterocycles. The van der Waals surface area contributed by atoms with Crippen molar-refractivity contribution >= 4 is 22.4 Å². The van der Waals surface area contributed by atoms with E-state index >= 15 is 0 Å². The van der Waals surface area contributed by atoms with Crippen LogP contribution in [0.15, 0.2) is 18.2 Å². The summed E-state index contributed by atoms with van der Waals surface area (Å²) in [5.74, 6) is 1.93. The Bertz CT molecular complexity index is 837. The third-order valence-corrected chi connectivity index (χ3v) is 6.65. The third-order valence-electron chi connectivity index (χ3n) is 5.64. The van der Waals surface area contributed by atoms with Crippen molar-refractivity contribution in [3.05, 3.63) is 28.8 Å². The van der Waals surface area contributed by atoms with Crippen molar-refractivity contribution in [3.8, 4) is 11.5 Å². The second-order valence-electron chi connectivity index (χ2n) is 7.36. The molecule has 0 spiro atoms. The summed E-state index contributed by atoms with van der Waals surface area (Å²) >= 11 is 1.51. The van der Waals surface area contributed by atoms with Gasteiger partial charge < -0.3 is 9.47 Å². The fraction of sp³-hybridized carbons (Fsp3) is 0.550. The SMILES string of the molecule is COc1ccc([C@@H]2CCCN2CC(=O)Nc2nnc(C3CCC3)s2)cc1OC. The van der Waals surface area contributed by atoms with Crippen molar-refractivity contribution in [1.82, 2.24) is 15.1 Å². The molecule has 1 N–H and O–H groups in total. The number of nitrogens with zero attached hydrogens (tertiary/aromatic N) is 3. The van der Waals surface area contributed by atoms with Crippen molar-refractivity contribution in [2.45, 2.75) is 44.1 Å². The number of rotatable bonds is 7. The van der Waals surface area contributed by atoms with Crippen LogP contribution in [0.25, 0.3) is 0 Å². The van der Waals surface area contributed by atoms with E-state index in [0.717, 1.165) is 30.0 Å². The summed E-state index contributed by atoms with van der Waals surface area (Å²) in [6, 6.07) is 6.19. The molecule has 4 rings (SSSR count). The third kappa shape index (κ3) is 3.98. The molecule has 28 heavy (non-hydrogen) atoms. The standard InChI is InChI=1S/C20H26N4O3S/c1-26-16-9-8-14(11-17(16)27-2)15-7-4-10-24(15)12-18(25)21-20-23-22-19(28-20)13-5-3-6-13/h8-9,11,13,15H,3-7,10,12H2,1-2H3,(H,21,23,25)/t15-/m0/s1. The molecule has 2 fully saturated rings. The molecule has 1 aromatic heterocycles. The van der Waals surface area contributed by atoms with Crippen molar-refractivity contribution in [1.29, 1.82) is 0 Å². The van der Waals surface area contributed by atoms with Crippen LogP contribution in [0.1, 0.15) is 54.6 Å². The molecule has 0 radical (unpaired) electrons. The first-order valence-electron chi connectivity index (χ1n) is 9.77. The van der Waals surface area contributed by atoms with E-state index in [1.54, 1.807) is 14.2 Å². The number of aromatic nitrogens is 2. The molecule has 0 bridgehead atoms. The van der Waals surface area contributed by atoms with Gasteiger partial charge in [0.1, 0.15) is 5.01 Å². The first-order chi connectivity index (χ1) is 13.7. The minimum atomic E-state index is -0.0383. The van der Waals surface area contributed by atoms with Crippen LogP contribution in [0.4, 0.5) is 5.13 Å². The Morgan fingerprint density at radius 3 is 2.71 bits per heavy atom. The zero-order valence-electron chi connectivity index (χ0n) is 16.3. The number of carbonyl (C=O) groups is 1. The first-order valence-corrected chi connectivity index (χ1v) is 10.6. The van der Waals surface area contributed by atoms with Gasteiger partial charge in [0.2, 0.25) is 11.0 Å². The van der Waals surface area contributed by atoms with E-state index in [2.05, 4.69) is 26.5 Å². The highest BCUT2D eigenvalue weighted by atomic mass is 32.1. The maximum atomic E-state index is 12.6. The van der Waals surface area contributed by atoms with Crippen molar-refractivity contribution in [2.75, 3.05) is 32.6 Å². The van der Waals surface area contributed by atoms with Gasteiger partial charge in [-0.25, -0.2) is 0 Å². The molecule has 2 aliphatic rings. The smallest absolute Gasteiger partial charge is 0.240 e. The van der Waals surface area contributed by atoms with Gasteiger partial charge in [-0.1, -0.05) is 23.8 Å². The Labute approximate surface area is 169 Å². The second-order valence-corrected chi connectivity index (χ2v) is 8.37. The summed E-state index contributed by atoms with van der Waals surface area (Å²) in [4.78, 5) is 14.8. The fourth-order valence-corrected chi connectivity index (χ4v) is 4.83. The van der Waals surface area contributed by atoms with Gasteiger partial charge in [0.25, 0.3) is 0 Å². The Kier molecular flexibility index (Phi) is 5.77. The maximum Gasteiger partial charge on any atom is 0.240 e. The quantitative estimate of drug-likeness (QED) is 0.763. The van der Waals surface area contributed by atoms with Crippen LogP contribution in [-0.4, -0.2) is 48.3 Å². The van der Waals surface area contributed by atoms with Crippen molar-refractivity contribution in [2.24, 2.45) is 0 Å². The predicted octanol–water partition coefficient (Wildman–Crippen LogP) is 3.60. The monoisotopic (exact) mass is 402 g/mol. The van der Waals surface area contributed by atoms with Gasteiger partial charge in [-0.3, -0.25) is 15.0 Å². The lowest BCUT2D eigenvalue weighted by molar-refractivity contribution is -0.117. The van der Waals surface area contributed by atoms with Crippen LogP contribution in [0, 0.1) is 0 Å². The highest BCUT2D eigenvalue weighted by molar-refractivity contribution is 7.15. The summed E-state index contributed by atoms with van der Waals surface area (Å²) in [6.45, 7) is 1.24. The average molecular weight is 403 g/mol. The molecular formula is C20H26N4O3S. The Morgan fingerprint density at radius 2 is 2.00 bits per heavy atom. The van der Waals surface area contributed by atoms with Crippen LogP contribution in [0.5, 0.6) is 11.5 Å².